The van der Waals surface area contributed by atoms with Gasteiger partial charge in [-0.1, -0.05) is 107 Å². The zero-order valence-corrected chi connectivity index (χ0v) is 22.9. The van der Waals surface area contributed by atoms with Crippen molar-refractivity contribution in [2.24, 2.45) is 0 Å². The SMILES string of the molecule is CC/C=C/CC/C=C/CC/C=C/C(O)C(CO)NC(=O)CC(O)/C=C\C/C=C\CCCCCCCC. The molecule has 0 spiro atoms. The molecule has 3 atom stereocenters. The third-order valence-electron chi connectivity index (χ3n) is 5.77. The summed E-state index contributed by atoms with van der Waals surface area (Å²) in [6.45, 7) is 3.97. The first-order valence-electron chi connectivity index (χ1n) is 14.1. The van der Waals surface area contributed by atoms with Crippen LogP contribution in [0.4, 0.5) is 0 Å². The standard InChI is InChI=1S/C31H53NO4/c1-3-5-7-9-11-13-15-16-18-20-22-24-28(34)26-31(36)32-29(27-33)30(35)25-23-21-19-17-14-12-10-8-6-4-2/h6,8,14,16-18,22-25,28-30,33-35H,3-5,7,9-13,15,19-21,26-27H2,1-2H3,(H,32,36)/b8-6+,17-14+,18-16-,24-22-,25-23+. The van der Waals surface area contributed by atoms with Crippen molar-refractivity contribution in [3.8, 4) is 0 Å². The van der Waals surface area contributed by atoms with E-state index in [1.165, 1.54) is 38.5 Å². The normalized spacial score (nSPS) is 15.1. The van der Waals surface area contributed by atoms with E-state index in [1.807, 2.05) is 12.2 Å². The van der Waals surface area contributed by atoms with E-state index in [1.54, 1.807) is 12.2 Å². The predicted octanol–water partition coefficient (Wildman–Crippen LogP) is 6.47. The minimum Gasteiger partial charge on any atom is -0.394 e. The van der Waals surface area contributed by atoms with Crippen LogP contribution in [0.1, 0.15) is 104 Å². The van der Waals surface area contributed by atoms with Crippen molar-refractivity contribution in [2.45, 2.75) is 122 Å². The monoisotopic (exact) mass is 503 g/mol. The van der Waals surface area contributed by atoms with Crippen LogP contribution in [0.5, 0.6) is 0 Å². The zero-order valence-electron chi connectivity index (χ0n) is 22.9. The third kappa shape index (κ3) is 22.5. The zero-order chi connectivity index (χ0) is 26.7. The molecule has 0 aromatic carbocycles. The molecule has 0 saturated heterocycles. The predicted molar refractivity (Wildman–Crippen MR) is 153 cm³/mol. The van der Waals surface area contributed by atoms with E-state index in [9.17, 15) is 20.1 Å². The molecule has 206 valence electrons. The van der Waals surface area contributed by atoms with Crippen molar-refractivity contribution in [3.05, 3.63) is 60.8 Å². The van der Waals surface area contributed by atoms with Gasteiger partial charge in [0.15, 0.2) is 0 Å². The molecule has 4 N–H and O–H groups in total. The first-order valence-corrected chi connectivity index (χ1v) is 14.1. The van der Waals surface area contributed by atoms with Crippen molar-refractivity contribution in [3.63, 3.8) is 0 Å². The van der Waals surface area contributed by atoms with Crippen LogP contribution in [0.2, 0.25) is 0 Å². The molecule has 0 radical (unpaired) electrons. The van der Waals surface area contributed by atoms with Crippen LogP contribution < -0.4 is 5.32 Å². The topological polar surface area (TPSA) is 89.8 Å². The Morgan fingerprint density at radius 3 is 2.00 bits per heavy atom. The van der Waals surface area contributed by atoms with E-state index in [-0.39, 0.29) is 13.0 Å². The fourth-order valence-corrected chi connectivity index (χ4v) is 3.61. The highest BCUT2D eigenvalue weighted by Gasteiger charge is 2.19. The minimum atomic E-state index is -0.980. The van der Waals surface area contributed by atoms with E-state index in [0.29, 0.717) is 0 Å². The van der Waals surface area contributed by atoms with Gasteiger partial charge in [0.1, 0.15) is 0 Å². The molecule has 36 heavy (non-hydrogen) atoms. The van der Waals surface area contributed by atoms with Crippen LogP contribution in [0, 0.1) is 0 Å². The van der Waals surface area contributed by atoms with Crippen LogP contribution in [-0.4, -0.2) is 46.1 Å². The number of amides is 1. The van der Waals surface area contributed by atoms with Crippen LogP contribution in [0.3, 0.4) is 0 Å². The Morgan fingerprint density at radius 1 is 0.722 bits per heavy atom. The number of hydrogen-bond acceptors (Lipinski definition) is 4. The lowest BCUT2D eigenvalue weighted by atomic mass is 10.1. The highest BCUT2D eigenvalue weighted by molar-refractivity contribution is 5.77. The van der Waals surface area contributed by atoms with Gasteiger partial charge < -0.3 is 20.6 Å². The number of nitrogens with one attached hydrogen (secondary N) is 1. The summed E-state index contributed by atoms with van der Waals surface area (Å²) in [5.74, 6) is -0.405. The fourth-order valence-electron chi connectivity index (χ4n) is 3.61. The van der Waals surface area contributed by atoms with E-state index in [0.717, 1.165) is 44.9 Å². The molecule has 0 rings (SSSR count). The number of hydrogen-bond donors (Lipinski definition) is 4. The molecular formula is C31H53NO4. The molecular weight excluding hydrogens is 450 g/mol. The van der Waals surface area contributed by atoms with Gasteiger partial charge in [-0.2, -0.15) is 0 Å². The second kappa shape index (κ2) is 26.1. The van der Waals surface area contributed by atoms with E-state index < -0.39 is 24.2 Å². The fraction of sp³-hybridized carbons (Fsp3) is 0.645. The summed E-state index contributed by atoms with van der Waals surface area (Å²) in [6, 6.07) is -0.796. The molecule has 0 aliphatic carbocycles. The number of aliphatic hydroxyl groups excluding tert-OH is 3. The van der Waals surface area contributed by atoms with Crippen LogP contribution >= 0.6 is 0 Å². The summed E-state index contributed by atoms with van der Waals surface area (Å²) in [5.41, 5.74) is 0. The van der Waals surface area contributed by atoms with Crippen molar-refractivity contribution in [2.75, 3.05) is 6.61 Å². The van der Waals surface area contributed by atoms with Gasteiger partial charge in [0.05, 0.1) is 31.3 Å². The van der Waals surface area contributed by atoms with Gasteiger partial charge in [-0.05, 0) is 51.4 Å². The number of rotatable bonds is 23. The molecule has 0 saturated carbocycles. The van der Waals surface area contributed by atoms with Gasteiger partial charge in [-0.15, -0.1) is 0 Å². The number of allylic oxidation sites excluding steroid dienone is 8. The Kier molecular flexibility index (Phi) is 24.7. The van der Waals surface area contributed by atoms with Gasteiger partial charge in [0.2, 0.25) is 5.91 Å². The van der Waals surface area contributed by atoms with E-state index in [2.05, 4.69) is 55.6 Å². The molecule has 0 aliphatic rings. The summed E-state index contributed by atoms with van der Waals surface area (Å²) in [7, 11) is 0. The van der Waals surface area contributed by atoms with Gasteiger partial charge in [0.25, 0.3) is 0 Å². The summed E-state index contributed by atoms with van der Waals surface area (Å²) in [5, 5.41) is 32.5. The summed E-state index contributed by atoms with van der Waals surface area (Å²) in [6.07, 6.45) is 32.2. The number of carbonyl (C=O) groups excluding carboxylic acids is 1. The maximum atomic E-state index is 12.2. The molecule has 0 heterocycles. The van der Waals surface area contributed by atoms with Gasteiger partial charge in [-0.3, -0.25) is 4.79 Å². The first kappa shape index (κ1) is 34.0. The maximum Gasteiger partial charge on any atom is 0.223 e. The molecule has 0 bridgehead atoms. The number of carbonyl (C=O) groups is 1. The Bertz CT molecular complexity index is 651. The molecule has 0 fully saturated rings. The van der Waals surface area contributed by atoms with Crippen molar-refractivity contribution < 1.29 is 20.1 Å². The average molecular weight is 504 g/mol. The van der Waals surface area contributed by atoms with E-state index >= 15 is 0 Å². The van der Waals surface area contributed by atoms with Crippen LogP contribution in [-0.2, 0) is 4.79 Å². The molecule has 5 nitrogen and oxygen atoms in total. The molecule has 0 aromatic heterocycles. The maximum absolute atomic E-state index is 12.2. The number of unbranched alkanes of at least 4 members (excludes halogenated alkanes) is 8. The molecule has 3 unspecified atom stereocenters. The summed E-state index contributed by atoms with van der Waals surface area (Å²) in [4.78, 5) is 12.2. The molecule has 0 aromatic rings. The Morgan fingerprint density at radius 2 is 1.33 bits per heavy atom. The molecule has 1 amide bonds. The third-order valence-corrected chi connectivity index (χ3v) is 5.77. The highest BCUT2D eigenvalue weighted by atomic mass is 16.3. The lowest BCUT2D eigenvalue weighted by Crippen LogP contribution is -2.45. The largest absolute Gasteiger partial charge is 0.394 e. The Balaban J connectivity index is 4.07. The summed E-state index contributed by atoms with van der Waals surface area (Å²) >= 11 is 0. The Hall–Kier alpha value is -1.95. The van der Waals surface area contributed by atoms with Crippen molar-refractivity contribution in [1.82, 2.24) is 5.32 Å². The second-order valence-electron chi connectivity index (χ2n) is 9.24. The van der Waals surface area contributed by atoms with Crippen molar-refractivity contribution in [1.29, 1.82) is 0 Å². The van der Waals surface area contributed by atoms with Crippen LogP contribution in [0.15, 0.2) is 60.8 Å². The van der Waals surface area contributed by atoms with Gasteiger partial charge in [0, 0.05) is 0 Å². The number of aliphatic hydroxyl groups is 3. The lowest BCUT2D eigenvalue weighted by Gasteiger charge is -2.20. The van der Waals surface area contributed by atoms with Gasteiger partial charge in [-0.25, -0.2) is 0 Å². The highest BCUT2D eigenvalue weighted by Crippen LogP contribution is 2.08. The minimum absolute atomic E-state index is 0.108. The van der Waals surface area contributed by atoms with Gasteiger partial charge >= 0.3 is 0 Å². The quantitative estimate of drug-likeness (QED) is 0.0950. The van der Waals surface area contributed by atoms with Crippen LogP contribution in [0.25, 0.3) is 0 Å². The Labute approximate surface area is 220 Å². The second-order valence-corrected chi connectivity index (χ2v) is 9.24. The molecule has 5 heteroatoms. The summed E-state index contributed by atoms with van der Waals surface area (Å²) < 4.78 is 0. The smallest absolute Gasteiger partial charge is 0.223 e. The van der Waals surface area contributed by atoms with Crippen molar-refractivity contribution >= 4 is 5.91 Å². The van der Waals surface area contributed by atoms with E-state index in [4.69, 9.17) is 0 Å². The average Bonchev–Trinajstić information content (AvgIpc) is 2.86. The molecule has 0 aliphatic heterocycles. The lowest BCUT2D eigenvalue weighted by molar-refractivity contribution is -0.124. The first-order chi connectivity index (χ1) is 17.5.